The van der Waals surface area contributed by atoms with Crippen LogP contribution in [0.3, 0.4) is 0 Å². The van der Waals surface area contributed by atoms with Crippen LogP contribution < -0.4 is 5.73 Å². The van der Waals surface area contributed by atoms with E-state index in [1.54, 1.807) is 24.3 Å². The molecule has 1 atom stereocenters. The first-order valence-electron chi connectivity index (χ1n) is 9.26. The van der Waals surface area contributed by atoms with Crippen LogP contribution in [-0.2, 0) is 32.7 Å². The Morgan fingerprint density at radius 2 is 1.83 bits per heavy atom. The molecule has 1 aromatic heterocycles. The first-order valence-corrected chi connectivity index (χ1v) is 9.26. The van der Waals surface area contributed by atoms with E-state index in [1.807, 2.05) is 20.8 Å². The number of carbonyl (C=O) groups excluding carboxylic acids is 2. The van der Waals surface area contributed by atoms with Gasteiger partial charge in [0.1, 0.15) is 11.9 Å². The summed E-state index contributed by atoms with van der Waals surface area (Å²) >= 11 is 0. The van der Waals surface area contributed by atoms with Crippen molar-refractivity contribution in [2.24, 2.45) is 0 Å². The third-order valence-corrected chi connectivity index (χ3v) is 5.05. The number of nitrogen functional groups attached to an aromatic ring is 1. The van der Waals surface area contributed by atoms with Gasteiger partial charge in [-0.25, -0.2) is 9.48 Å². The molecule has 1 amide bonds. The van der Waals surface area contributed by atoms with E-state index in [0.29, 0.717) is 27.5 Å². The lowest BCUT2D eigenvalue weighted by Crippen LogP contribution is -2.53. The molecular formula is C20H23F3N4O3. The largest absolute Gasteiger partial charge is 0.471 e. The summed E-state index contributed by atoms with van der Waals surface area (Å²) in [5.41, 5.74) is 8.30. The average Bonchev–Trinajstić information content (AvgIpc) is 3.06. The number of halogens is 3. The lowest BCUT2D eigenvalue weighted by atomic mass is 9.92. The van der Waals surface area contributed by atoms with Gasteiger partial charge in [-0.1, -0.05) is 26.8 Å². The highest BCUT2D eigenvalue weighted by atomic mass is 19.4. The van der Waals surface area contributed by atoms with Gasteiger partial charge in [-0.2, -0.15) is 18.3 Å². The topological polar surface area (TPSA) is 90.4 Å². The summed E-state index contributed by atoms with van der Waals surface area (Å²) in [6, 6.07) is 5.46. The van der Waals surface area contributed by atoms with Crippen LogP contribution in [0, 0.1) is 0 Å². The van der Waals surface area contributed by atoms with Gasteiger partial charge in [0.2, 0.25) is 0 Å². The molecule has 0 unspecified atom stereocenters. The van der Waals surface area contributed by atoms with Crippen LogP contribution in [0.5, 0.6) is 0 Å². The van der Waals surface area contributed by atoms with E-state index < -0.39 is 24.1 Å². The fourth-order valence-corrected chi connectivity index (χ4v) is 3.39. The molecule has 2 heterocycles. The second-order valence-corrected chi connectivity index (χ2v) is 8.24. The van der Waals surface area contributed by atoms with Crippen molar-refractivity contribution in [3.05, 3.63) is 41.1 Å². The molecule has 10 heteroatoms. The summed E-state index contributed by atoms with van der Waals surface area (Å²) in [5, 5.41) is 4.51. The van der Waals surface area contributed by atoms with Crippen LogP contribution in [0.1, 0.15) is 37.6 Å². The summed E-state index contributed by atoms with van der Waals surface area (Å²) in [7, 11) is 1.07. The Morgan fingerprint density at radius 1 is 1.17 bits per heavy atom. The van der Waals surface area contributed by atoms with Gasteiger partial charge in [-0.15, -0.1) is 0 Å². The van der Waals surface area contributed by atoms with Crippen molar-refractivity contribution in [3.8, 4) is 5.69 Å². The van der Waals surface area contributed by atoms with Crippen molar-refractivity contribution in [2.45, 2.75) is 51.4 Å². The van der Waals surface area contributed by atoms with Crippen molar-refractivity contribution in [3.63, 3.8) is 0 Å². The number of nitrogens with two attached hydrogens (primary N) is 1. The molecule has 3 rings (SSSR count). The minimum absolute atomic E-state index is 0.0774. The fourth-order valence-electron chi connectivity index (χ4n) is 3.39. The molecule has 0 bridgehead atoms. The molecule has 0 saturated heterocycles. The number of aromatic nitrogens is 2. The van der Waals surface area contributed by atoms with E-state index in [1.165, 1.54) is 4.68 Å². The highest BCUT2D eigenvalue weighted by Crippen LogP contribution is 2.31. The molecule has 162 valence electrons. The minimum Gasteiger partial charge on any atom is -0.467 e. The number of amides is 1. The molecule has 1 aliphatic heterocycles. The van der Waals surface area contributed by atoms with Gasteiger partial charge in [0.15, 0.2) is 0 Å². The number of methoxy groups -OCH3 is 1. The normalized spacial score (nSPS) is 16.9. The Balaban J connectivity index is 2.02. The number of esters is 1. The lowest BCUT2D eigenvalue weighted by molar-refractivity contribution is -0.191. The number of hydrogen-bond acceptors (Lipinski definition) is 5. The zero-order chi connectivity index (χ0) is 22.4. The SMILES string of the molecule is COC(=O)[C@@H]1Cc2ccc(-n3nc(C(C)(C)C)cc3N)cc2CN1C(=O)C(F)(F)F. The van der Waals surface area contributed by atoms with Gasteiger partial charge < -0.3 is 15.4 Å². The van der Waals surface area contributed by atoms with Crippen molar-refractivity contribution in [1.82, 2.24) is 14.7 Å². The van der Waals surface area contributed by atoms with E-state index in [4.69, 9.17) is 5.73 Å². The summed E-state index contributed by atoms with van der Waals surface area (Å²) in [6.45, 7) is 5.58. The lowest BCUT2D eigenvalue weighted by Gasteiger charge is -2.35. The van der Waals surface area contributed by atoms with E-state index in [-0.39, 0.29) is 18.4 Å². The van der Waals surface area contributed by atoms with Crippen molar-refractivity contribution >= 4 is 17.7 Å². The third-order valence-electron chi connectivity index (χ3n) is 5.05. The molecule has 0 radical (unpaired) electrons. The predicted molar refractivity (Wildman–Crippen MR) is 103 cm³/mol. The van der Waals surface area contributed by atoms with Gasteiger partial charge in [-0.3, -0.25) is 4.79 Å². The molecule has 1 aliphatic rings. The quantitative estimate of drug-likeness (QED) is 0.749. The first kappa shape index (κ1) is 21.7. The first-order chi connectivity index (χ1) is 13.8. The van der Waals surface area contributed by atoms with Crippen LogP contribution >= 0.6 is 0 Å². The van der Waals surface area contributed by atoms with Crippen LogP contribution in [0.15, 0.2) is 24.3 Å². The van der Waals surface area contributed by atoms with Crippen molar-refractivity contribution in [2.75, 3.05) is 12.8 Å². The summed E-state index contributed by atoms with van der Waals surface area (Å²) in [4.78, 5) is 24.5. The molecule has 0 spiro atoms. The maximum absolute atomic E-state index is 13.1. The molecule has 1 aromatic carbocycles. The maximum Gasteiger partial charge on any atom is 0.471 e. The summed E-state index contributed by atoms with van der Waals surface area (Å²) in [6.07, 6.45) is -5.18. The number of benzene rings is 1. The van der Waals surface area contributed by atoms with E-state index in [9.17, 15) is 22.8 Å². The Labute approximate surface area is 171 Å². The van der Waals surface area contributed by atoms with Gasteiger partial charge >= 0.3 is 18.1 Å². The van der Waals surface area contributed by atoms with Gasteiger partial charge in [0, 0.05) is 24.4 Å². The zero-order valence-corrected chi connectivity index (χ0v) is 17.1. The molecule has 2 aromatic rings. The second kappa shape index (κ2) is 7.33. The summed E-state index contributed by atoms with van der Waals surface area (Å²) < 4.78 is 45.4. The summed E-state index contributed by atoms with van der Waals surface area (Å²) in [5.74, 6) is -2.60. The number of fused-ring (bicyclic) bond motifs is 1. The average molecular weight is 424 g/mol. The van der Waals surface area contributed by atoms with Crippen LogP contribution in [-0.4, -0.2) is 45.9 Å². The smallest absolute Gasteiger partial charge is 0.467 e. The van der Waals surface area contributed by atoms with Gasteiger partial charge in [0.25, 0.3) is 0 Å². The predicted octanol–water partition coefficient (Wildman–Crippen LogP) is 2.74. The number of alkyl halides is 3. The highest BCUT2D eigenvalue weighted by Gasteiger charge is 2.48. The monoisotopic (exact) mass is 424 g/mol. The Kier molecular flexibility index (Phi) is 5.30. The van der Waals surface area contributed by atoms with Crippen LogP contribution in [0.25, 0.3) is 5.69 Å². The maximum atomic E-state index is 13.1. The number of nitrogens with zero attached hydrogens (tertiary/aromatic N) is 3. The van der Waals surface area contributed by atoms with Crippen LogP contribution in [0.2, 0.25) is 0 Å². The minimum atomic E-state index is -5.10. The fraction of sp³-hybridized carbons (Fsp3) is 0.450. The third kappa shape index (κ3) is 3.99. The van der Waals surface area contributed by atoms with Gasteiger partial charge in [0.05, 0.1) is 18.5 Å². The molecule has 7 nitrogen and oxygen atoms in total. The standard InChI is InChI=1S/C20H23F3N4O3/c1-19(2,3)15-9-16(24)27(25-15)13-6-5-11-8-14(17(28)30-4)26(10-12(11)7-13)18(29)20(21,22)23/h5-7,9,14H,8,10,24H2,1-4H3/t14-/m0/s1. The molecular weight excluding hydrogens is 401 g/mol. The van der Waals surface area contributed by atoms with Crippen LogP contribution in [0.4, 0.5) is 19.0 Å². The number of carbonyl (C=O) groups is 2. The molecule has 0 aliphatic carbocycles. The van der Waals surface area contributed by atoms with E-state index >= 15 is 0 Å². The Morgan fingerprint density at radius 3 is 2.37 bits per heavy atom. The number of rotatable bonds is 2. The van der Waals surface area contributed by atoms with Crippen molar-refractivity contribution < 1.29 is 27.5 Å². The Bertz CT molecular complexity index is 992. The molecule has 0 saturated carbocycles. The molecule has 30 heavy (non-hydrogen) atoms. The number of ether oxygens (including phenoxy) is 1. The number of anilines is 1. The van der Waals surface area contributed by atoms with E-state index in [2.05, 4.69) is 9.84 Å². The number of hydrogen-bond donors (Lipinski definition) is 1. The highest BCUT2D eigenvalue weighted by molar-refractivity contribution is 5.88. The molecule has 2 N–H and O–H groups in total. The second-order valence-electron chi connectivity index (χ2n) is 8.24. The van der Waals surface area contributed by atoms with Crippen molar-refractivity contribution in [1.29, 1.82) is 0 Å². The van der Waals surface area contributed by atoms with E-state index in [0.717, 1.165) is 12.8 Å². The molecule has 0 fully saturated rings. The zero-order valence-electron chi connectivity index (χ0n) is 17.1. The Hall–Kier alpha value is -3.04. The van der Waals surface area contributed by atoms with Gasteiger partial charge in [-0.05, 0) is 23.3 Å².